The molecule has 0 saturated carbocycles. The third kappa shape index (κ3) is 1.75. The molecule has 0 aliphatic carbocycles. The Morgan fingerprint density at radius 1 is 1.26 bits per heavy atom. The molecule has 1 fully saturated rings. The van der Waals surface area contributed by atoms with Crippen molar-refractivity contribution in [2.24, 2.45) is 0 Å². The second kappa shape index (κ2) is 4.38. The van der Waals surface area contributed by atoms with Gasteiger partial charge >= 0.3 is 0 Å². The van der Waals surface area contributed by atoms with Gasteiger partial charge in [-0.25, -0.2) is 15.0 Å². The molecule has 1 aliphatic heterocycles. The number of aromatic nitrogens is 4. The maximum Gasteiger partial charge on any atom is 0.167 e. The van der Waals surface area contributed by atoms with E-state index >= 15 is 0 Å². The molecular formula is C10H13N5O4. The Balaban J connectivity index is 2.04. The van der Waals surface area contributed by atoms with Gasteiger partial charge in [0.25, 0.3) is 0 Å². The Bertz CT molecular complexity index is 603. The SMILES string of the molecule is [15NH2]c1[15n]c[15n]c2c1[15n]c[15n]2[C@@H]1O[C@H](CO)[C@@H](O)[C@H]1O. The van der Waals surface area contributed by atoms with E-state index in [9.17, 15) is 10.2 Å². The molecule has 3 rings (SSSR count). The standard InChI is InChI=1S/C10H13N5O4/c11-8-5-9(13-2-12-8)15(3-14-5)10-7(18)6(17)4(1-16)19-10/h2-4,6-7,10,16-18H,1H2,(H2,11,12,13)/t4-,6-,7-,10-/m1/s1/i11+1,12+1,13+1,14+1,15+1. The fraction of sp³-hybridized carbons (Fsp3) is 0.500. The number of nitrogens with two attached hydrogens (primary N) is 1. The number of fused-ring (bicyclic) bond motifs is 1. The van der Waals surface area contributed by atoms with Crippen LogP contribution in [0.15, 0.2) is 12.7 Å². The van der Waals surface area contributed by atoms with Crippen LogP contribution in [0.5, 0.6) is 0 Å². The Morgan fingerprint density at radius 2 is 2.05 bits per heavy atom. The molecule has 0 bridgehead atoms. The van der Waals surface area contributed by atoms with Gasteiger partial charge in [-0.05, 0) is 0 Å². The molecule has 0 spiro atoms. The quantitative estimate of drug-likeness (QED) is 0.461. The minimum absolute atomic E-state index is 0.218. The van der Waals surface area contributed by atoms with Gasteiger partial charge in [0.05, 0.1) is 12.9 Å². The van der Waals surface area contributed by atoms with Crippen molar-refractivity contribution < 1.29 is 20.1 Å². The lowest BCUT2D eigenvalue weighted by molar-refractivity contribution is -0.0511. The number of imidazole rings is 1. The van der Waals surface area contributed by atoms with Gasteiger partial charge in [0.1, 0.15) is 30.2 Å². The van der Waals surface area contributed by atoms with Gasteiger partial charge < -0.3 is 25.8 Å². The number of nitrogen functional groups attached to an aromatic ring is 1. The van der Waals surface area contributed by atoms with E-state index in [-0.39, 0.29) is 5.82 Å². The summed E-state index contributed by atoms with van der Waals surface area (Å²) in [6.07, 6.45) is -1.42. The maximum atomic E-state index is 9.95. The topological polar surface area (TPSA) is 140 Å². The van der Waals surface area contributed by atoms with Crippen molar-refractivity contribution in [3.63, 3.8) is 0 Å². The first-order chi connectivity index (χ1) is 9.13. The lowest BCUT2D eigenvalue weighted by Crippen LogP contribution is -2.33. The van der Waals surface area contributed by atoms with Gasteiger partial charge in [-0.1, -0.05) is 0 Å². The number of ether oxygens (including phenoxy) is 1. The maximum absolute atomic E-state index is 9.95. The molecule has 2 aromatic rings. The van der Waals surface area contributed by atoms with Crippen molar-refractivity contribution >= 4 is 17.0 Å². The van der Waals surface area contributed by atoms with E-state index < -0.39 is 31.1 Å². The summed E-state index contributed by atoms with van der Waals surface area (Å²) in [6, 6.07) is 0. The molecule has 3 heterocycles. The summed E-state index contributed by atoms with van der Waals surface area (Å²) in [6.45, 7) is -0.390. The summed E-state index contributed by atoms with van der Waals surface area (Å²) in [5.41, 5.74) is 6.44. The first-order valence-corrected chi connectivity index (χ1v) is 5.69. The van der Waals surface area contributed by atoms with Crippen LogP contribution in [0.1, 0.15) is 6.23 Å². The van der Waals surface area contributed by atoms with Crippen LogP contribution in [0.25, 0.3) is 11.2 Å². The molecule has 0 amide bonds. The Labute approximate surface area is 107 Å². The number of hydrogen-bond acceptors (Lipinski definition) is 8. The molecule has 102 valence electrons. The molecule has 4 atom stereocenters. The van der Waals surface area contributed by atoms with E-state index in [1.165, 1.54) is 17.2 Å². The zero-order chi connectivity index (χ0) is 13.6. The third-order valence-electron chi connectivity index (χ3n) is 3.18. The highest BCUT2D eigenvalue weighted by Crippen LogP contribution is 2.31. The van der Waals surface area contributed by atoms with Gasteiger partial charge in [-0.15, -0.1) is 0 Å². The summed E-state index contributed by atoms with van der Waals surface area (Å²) in [5, 5.41) is 28.7. The number of nitrogens with zero attached hydrogens (tertiary/aromatic N) is 4. The van der Waals surface area contributed by atoms with Crippen LogP contribution in [0.2, 0.25) is 0 Å². The van der Waals surface area contributed by atoms with Crippen LogP contribution < -0.4 is 5.73 Å². The monoisotopic (exact) mass is 272 g/mol. The van der Waals surface area contributed by atoms with Crippen molar-refractivity contribution in [2.75, 3.05) is 12.3 Å². The van der Waals surface area contributed by atoms with E-state index in [2.05, 4.69) is 15.0 Å². The van der Waals surface area contributed by atoms with E-state index in [1.54, 1.807) is 0 Å². The molecule has 9 nitrogen and oxygen atoms in total. The van der Waals surface area contributed by atoms with Gasteiger partial charge in [-0.2, -0.15) is 0 Å². The molecule has 0 unspecified atom stereocenters. The predicted octanol–water partition coefficient (Wildman–Crippen LogP) is -1.98. The van der Waals surface area contributed by atoms with Gasteiger partial charge in [0, 0.05) is 0 Å². The fourth-order valence-corrected chi connectivity index (χ4v) is 2.17. The van der Waals surface area contributed by atoms with E-state index in [1.807, 2.05) is 0 Å². The third-order valence-corrected chi connectivity index (χ3v) is 3.18. The lowest BCUT2D eigenvalue weighted by atomic mass is 10.1. The van der Waals surface area contributed by atoms with Crippen LogP contribution in [-0.4, -0.2) is 59.8 Å². The van der Waals surface area contributed by atoms with Crippen LogP contribution in [-0.2, 0) is 4.74 Å². The van der Waals surface area contributed by atoms with Crippen LogP contribution in [0.3, 0.4) is 0 Å². The Morgan fingerprint density at radius 3 is 2.74 bits per heavy atom. The average Bonchev–Trinajstić information content (AvgIpc) is 2.94. The lowest BCUT2D eigenvalue weighted by Gasteiger charge is -2.16. The van der Waals surface area contributed by atoms with Crippen LogP contribution >= 0.6 is 0 Å². The molecular weight excluding hydrogens is 259 g/mol. The number of hydrogen-bond donors (Lipinski definition) is 4. The first-order valence-electron chi connectivity index (χ1n) is 5.69. The summed E-state index contributed by atoms with van der Waals surface area (Å²) in [5.74, 6) is 0.218. The normalized spacial score (nSPS) is 31.1. The molecule has 9 heteroatoms. The minimum Gasteiger partial charge on any atom is -0.394 e. The second-order valence-corrected chi connectivity index (χ2v) is 4.31. The molecule has 5 N–H and O–H groups in total. The molecule has 1 aliphatic rings. The van der Waals surface area contributed by atoms with E-state index in [0.717, 1.165) is 0 Å². The predicted molar refractivity (Wildman–Crippen MR) is 62.7 cm³/mol. The number of aliphatic hydroxyl groups excluding tert-OH is 3. The Kier molecular flexibility index (Phi) is 2.82. The van der Waals surface area contributed by atoms with E-state index in [4.69, 9.17) is 15.6 Å². The van der Waals surface area contributed by atoms with Crippen LogP contribution in [0, 0.1) is 0 Å². The average molecular weight is 272 g/mol. The first kappa shape index (κ1) is 12.2. The molecule has 0 radical (unpaired) electrons. The highest BCUT2D eigenvalue weighted by Gasteiger charge is 2.43. The summed E-state index contributed by atoms with van der Waals surface area (Å²) < 4.78 is 6.85. The van der Waals surface area contributed by atoms with E-state index in [0.29, 0.717) is 11.2 Å². The highest BCUT2D eigenvalue weighted by molar-refractivity contribution is 5.81. The van der Waals surface area contributed by atoms with Crippen molar-refractivity contribution in [3.8, 4) is 0 Å². The number of rotatable bonds is 2. The van der Waals surface area contributed by atoms with Gasteiger partial charge in [0.2, 0.25) is 0 Å². The molecule has 2 aromatic heterocycles. The fourth-order valence-electron chi connectivity index (χ4n) is 2.17. The zero-order valence-electron chi connectivity index (χ0n) is 9.79. The van der Waals surface area contributed by atoms with Crippen molar-refractivity contribution in [1.29, 1.82) is 0 Å². The van der Waals surface area contributed by atoms with Crippen molar-refractivity contribution in [1.82, 2.24) is 19.5 Å². The molecule has 1 saturated heterocycles. The minimum atomic E-state index is -1.19. The summed E-state index contributed by atoms with van der Waals surface area (Å²) >= 11 is 0. The number of anilines is 1. The molecule has 19 heavy (non-hydrogen) atoms. The second-order valence-electron chi connectivity index (χ2n) is 4.31. The summed E-state index contributed by atoms with van der Waals surface area (Å²) in [4.78, 5) is 11.9. The van der Waals surface area contributed by atoms with Crippen molar-refractivity contribution in [2.45, 2.75) is 24.5 Å². The van der Waals surface area contributed by atoms with Crippen molar-refractivity contribution in [3.05, 3.63) is 12.7 Å². The largest absolute Gasteiger partial charge is 0.394 e. The smallest absolute Gasteiger partial charge is 0.167 e. The van der Waals surface area contributed by atoms with Gasteiger partial charge in [0.15, 0.2) is 17.7 Å². The Hall–Kier alpha value is -1.81. The zero-order valence-corrected chi connectivity index (χ0v) is 9.79. The van der Waals surface area contributed by atoms with Crippen LogP contribution in [0.4, 0.5) is 5.82 Å². The summed E-state index contributed by atoms with van der Waals surface area (Å²) in [7, 11) is 0. The highest BCUT2D eigenvalue weighted by atomic mass is 16.6. The number of aliphatic hydroxyl groups is 3. The molecule has 0 aromatic carbocycles. The van der Waals surface area contributed by atoms with Gasteiger partial charge in [-0.3, -0.25) is 4.57 Å².